The van der Waals surface area contributed by atoms with Crippen molar-refractivity contribution >= 4 is 5.91 Å². The summed E-state index contributed by atoms with van der Waals surface area (Å²) in [4.78, 5) is 17.0. The fraction of sp³-hybridized carbons (Fsp3) is 0.556. The molecule has 2 aromatic heterocycles. The third-order valence-electron chi connectivity index (χ3n) is 4.74. The first-order valence-electron chi connectivity index (χ1n) is 8.80. The third kappa shape index (κ3) is 3.70. The van der Waals surface area contributed by atoms with Crippen LogP contribution in [0.15, 0.2) is 35.0 Å². The molecule has 1 fully saturated rings. The molecule has 1 aliphatic rings. The van der Waals surface area contributed by atoms with Crippen LogP contribution in [0, 0.1) is 0 Å². The normalized spacial score (nSPS) is 17.8. The number of furan rings is 1. The van der Waals surface area contributed by atoms with Crippen molar-refractivity contribution in [3.05, 3.63) is 42.1 Å². The standard InChI is InChI=1S/C18H26N4O2/c1-3-20(4-2)14-16-8-9-17(24-16)18(23)22-12-5-7-15(22)13-21-11-6-10-19-21/h6,8-11,15H,3-5,7,12-14H2,1-2H3/t15-/m0/s1. The molecule has 1 saturated heterocycles. The van der Waals surface area contributed by atoms with Crippen molar-refractivity contribution in [3.8, 4) is 0 Å². The van der Waals surface area contributed by atoms with Crippen molar-refractivity contribution in [2.45, 2.75) is 45.8 Å². The summed E-state index contributed by atoms with van der Waals surface area (Å²) >= 11 is 0. The molecule has 0 N–H and O–H groups in total. The van der Waals surface area contributed by atoms with Crippen LogP contribution in [0.1, 0.15) is 43.0 Å². The predicted octanol–water partition coefficient (Wildman–Crippen LogP) is 2.62. The van der Waals surface area contributed by atoms with Gasteiger partial charge in [0.05, 0.1) is 19.1 Å². The first-order valence-corrected chi connectivity index (χ1v) is 8.80. The SMILES string of the molecule is CCN(CC)Cc1ccc(C(=O)N2CCC[C@H]2Cn2cccn2)o1. The van der Waals surface area contributed by atoms with E-state index in [-0.39, 0.29) is 11.9 Å². The molecule has 0 aromatic carbocycles. The maximum atomic E-state index is 12.8. The first kappa shape index (κ1) is 16.8. The number of carbonyl (C=O) groups excluding carboxylic acids is 1. The van der Waals surface area contributed by atoms with Crippen molar-refractivity contribution in [3.63, 3.8) is 0 Å². The van der Waals surface area contributed by atoms with E-state index in [2.05, 4.69) is 23.8 Å². The molecule has 0 unspecified atom stereocenters. The van der Waals surface area contributed by atoms with Gasteiger partial charge in [-0.1, -0.05) is 13.8 Å². The Morgan fingerprint density at radius 1 is 1.38 bits per heavy atom. The van der Waals surface area contributed by atoms with Crippen LogP contribution in [0.4, 0.5) is 0 Å². The lowest BCUT2D eigenvalue weighted by molar-refractivity contribution is 0.0685. The van der Waals surface area contributed by atoms with Gasteiger partial charge in [-0.2, -0.15) is 5.10 Å². The molecule has 1 aliphatic heterocycles. The predicted molar refractivity (Wildman–Crippen MR) is 91.6 cm³/mol. The lowest BCUT2D eigenvalue weighted by Gasteiger charge is -2.23. The summed E-state index contributed by atoms with van der Waals surface area (Å²) in [5, 5.41) is 4.25. The molecule has 1 atom stereocenters. The molecule has 0 aliphatic carbocycles. The quantitative estimate of drug-likeness (QED) is 0.783. The zero-order valence-corrected chi connectivity index (χ0v) is 14.5. The molecule has 0 radical (unpaired) electrons. The number of aromatic nitrogens is 2. The highest BCUT2D eigenvalue weighted by Gasteiger charge is 2.31. The molecule has 24 heavy (non-hydrogen) atoms. The van der Waals surface area contributed by atoms with Crippen LogP contribution in [-0.2, 0) is 13.1 Å². The number of amides is 1. The van der Waals surface area contributed by atoms with Crippen LogP contribution in [0.25, 0.3) is 0 Å². The number of hydrogen-bond acceptors (Lipinski definition) is 4. The number of carbonyl (C=O) groups is 1. The van der Waals surface area contributed by atoms with E-state index in [1.807, 2.05) is 34.0 Å². The molecule has 6 heteroatoms. The molecule has 3 rings (SSSR count). The van der Waals surface area contributed by atoms with Gasteiger partial charge < -0.3 is 9.32 Å². The fourth-order valence-electron chi connectivity index (χ4n) is 3.30. The molecular weight excluding hydrogens is 304 g/mol. The Bertz CT molecular complexity index is 646. The van der Waals surface area contributed by atoms with Gasteiger partial charge in [-0.15, -0.1) is 0 Å². The van der Waals surface area contributed by atoms with Gasteiger partial charge in [-0.25, -0.2) is 0 Å². The lowest BCUT2D eigenvalue weighted by atomic mass is 10.2. The highest BCUT2D eigenvalue weighted by Crippen LogP contribution is 2.22. The molecule has 2 aromatic rings. The monoisotopic (exact) mass is 330 g/mol. The average Bonchev–Trinajstić information content (AvgIpc) is 3.34. The fourth-order valence-corrected chi connectivity index (χ4v) is 3.30. The van der Waals surface area contributed by atoms with Crippen molar-refractivity contribution < 1.29 is 9.21 Å². The van der Waals surface area contributed by atoms with Gasteiger partial charge in [0.15, 0.2) is 5.76 Å². The van der Waals surface area contributed by atoms with Crippen molar-refractivity contribution in [1.82, 2.24) is 19.6 Å². The van der Waals surface area contributed by atoms with Gasteiger partial charge in [-0.05, 0) is 44.1 Å². The Balaban J connectivity index is 1.66. The molecular formula is C18H26N4O2. The second kappa shape index (κ2) is 7.66. The topological polar surface area (TPSA) is 54.5 Å². The smallest absolute Gasteiger partial charge is 0.289 e. The molecule has 0 bridgehead atoms. The van der Waals surface area contributed by atoms with Crippen molar-refractivity contribution in [2.75, 3.05) is 19.6 Å². The van der Waals surface area contributed by atoms with E-state index < -0.39 is 0 Å². The second-order valence-corrected chi connectivity index (χ2v) is 6.25. The highest BCUT2D eigenvalue weighted by atomic mass is 16.4. The minimum absolute atomic E-state index is 0.00421. The third-order valence-corrected chi connectivity index (χ3v) is 4.74. The molecule has 130 valence electrons. The van der Waals surface area contributed by atoms with Gasteiger partial charge in [0.1, 0.15) is 5.76 Å². The van der Waals surface area contributed by atoms with E-state index in [1.165, 1.54) is 0 Å². The Morgan fingerprint density at radius 3 is 2.92 bits per heavy atom. The summed E-state index contributed by atoms with van der Waals surface area (Å²) in [6.07, 6.45) is 5.76. The molecule has 6 nitrogen and oxygen atoms in total. The zero-order valence-electron chi connectivity index (χ0n) is 14.5. The second-order valence-electron chi connectivity index (χ2n) is 6.25. The van der Waals surface area contributed by atoms with Crippen LogP contribution in [-0.4, -0.2) is 51.2 Å². The van der Waals surface area contributed by atoms with E-state index in [1.54, 1.807) is 6.20 Å². The maximum Gasteiger partial charge on any atom is 0.289 e. The minimum atomic E-state index is -0.00421. The zero-order chi connectivity index (χ0) is 16.9. The minimum Gasteiger partial charge on any atom is -0.455 e. The van der Waals surface area contributed by atoms with E-state index >= 15 is 0 Å². The van der Waals surface area contributed by atoms with Crippen LogP contribution in [0.5, 0.6) is 0 Å². The first-order chi connectivity index (χ1) is 11.7. The largest absolute Gasteiger partial charge is 0.455 e. The number of nitrogens with zero attached hydrogens (tertiary/aromatic N) is 4. The van der Waals surface area contributed by atoms with Crippen LogP contribution >= 0.6 is 0 Å². The highest BCUT2D eigenvalue weighted by molar-refractivity contribution is 5.92. The summed E-state index contributed by atoms with van der Waals surface area (Å²) in [6, 6.07) is 5.83. The lowest BCUT2D eigenvalue weighted by Crippen LogP contribution is -2.38. The summed E-state index contributed by atoms with van der Waals surface area (Å²) in [5.74, 6) is 1.30. The Morgan fingerprint density at radius 2 is 2.21 bits per heavy atom. The van der Waals surface area contributed by atoms with Crippen molar-refractivity contribution in [2.24, 2.45) is 0 Å². The number of likely N-dealkylation sites (tertiary alicyclic amines) is 1. The van der Waals surface area contributed by atoms with Gasteiger partial charge in [0, 0.05) is 18.9 Å². The maximum absolute atomic E-state index is 12.8. The van der Waals surface area contributed by atoms with E-state index in [9.17, 15) is 4.79 Å². The van der Waals surface area contributed by atoms with E-state index in [0.29, 0.717) is 5.76 Å². The van der Waals surface area contributed by atoms with Gasteiger partial charge in [0.25, 0.3) is 5.91 Å². The number of hydrogen-bond donors (Lipinski definition) is 0. The summed E-state index contributed by atoms with van der Waals surface area (Å²) in [5.41, 5.74) is 0. The molecule has 0 spiro atoms. The molecule has 1 amide bonds. The summed E-state index contributed by atoms with van der Waals surface area (Å²) in [7, 11) is 0. The van der Waals surface area contributed by atoms with Crippen LogP contribution in [0.3, 0.4) is 0 Å². The number of rotatable bonds is 7. The summed E-state index contributed by atoms with van der Waals surface area (Å²) < 4.78 is 7.71. The van der Waals surface area contributed by atoms with Gasteiger partial charge in [0.2, 0.25) is 0 Å². The van der Waals surface area contributed by atoms with Crippen molar-refractivity contribution in [1.29, 1.82) is 0 Å². The van der Waals surface area contributed by atoms with Gasteiger partial charge in [-0.3, -0.25) is 14.4 Å². The van der Waals surface area contributed by atoms with Gasteiger partial charge >= 0.3 is 0 Å². The van der Waals surface area contributed by atoms with E-state index in [0.717, 1.165) is 51.3 Å². The van der Waals surface area contributed by atoms with Crippen LogP contribution < -0.4 is 0 Å². The van der Waals surface area contributed by atoms with Crippen LogP contribution in [0.2, 0.25) is 0 Å². The summed E-state index contributed by atoms with van der Waals surface area (Å²) in [6.45, 7) is 8.47. The average molecular weight is 330 g/mol. The van der Waals surface area contributed by atoms with E-state index in [4.69, 9.17) is 4.42 Å². The molecule has 0 saturated carbocycles. The Kier molecular flexibility index (Phi) is 5.35. The Hall–Kier alpha value is -2.08. The molecule has 3 heterocycles. The Labute approximate surface area is 143 Å².